The Bertz CT molecular complexity index is 1260. The molecule has 4 rings (SSSR count). The van der Waals surface area contributed by atoms with Crippen molar-refractivity contribution in [2.45, 2.75) is 32.9 Å². The van der Waals surface area contributed by atoms with Crippen molar-refractivity contribution in [2.75, 3.05) is 13.7 Å². The number of hydrogen-bond acceptors (Lipinski definition) is 5. The molecule has 0 spiro atoms. The predicted molar refractivity (Wildman–Crippen MR) is 120 cm³/mol. The minimum absolute atomic E-state index is 0.105. The van der Waals surface area contributed by atoms with Crippen LogP contribution in [0.1, 0.15) is 45.3 Å². The number of hydrogen-bond donors (Lipinski definition) is 2. The maximum atomic E-state index is 13.7. The minimum atomic E-state index is -0.812. The van der Waals surface area contributed by atoms with Gasteiger partial charge in [-0.25, -0.2) is 9.36 Å². The molecule has 1 aromatic carbocycles. The van der Waals surface area contributed by atoms with Crippen LogP contribution >= 0.6 is 0 Å². The van der Waals surface area contributed by atoms with E-state index in [9.17, 15) is 19.5 Å². The second-order valence-corrected chi connectivity index (χ2v) is 8.20. The number of imidazole rings is 1. The fourth-order valence-corrected chi connectivity index (χ4v) is 4.50. The fourth-order valence-electron chi connectivity index (χ4n) is 4.50. The average molecular weight is 463 g/mol. The third-order valence-electron chi connectivity index (χ3n) is 6.12. The van der Waals surface area contributed by atoms with Gasteiger partial charge >= 0.3 is 5.97 Å². The maximum absolute atomic E-state index is 13.7. The molecular formula is C25H26N4O5. The number of ketones is 1. The van der Waals surface area contributed by atoms with Gasteiger partial charge in [-0.15, -0.1) is 0 Å². The topological polar surface area (TPSA) is 122 Å². The first-order valence-corrected chi connectivity index (χ1v) is 11.0. The van der Waals surface area contributed by atoms with E-state index in [1.54, 1.807) is 44.3 Å². The molecule has 1 saturated heterocycles. The second-order valence-electron chi connectivity index (χ2n) is 8.20. The van der Waals surface area contributed by atoms with Crippen molar-refractivity contribution < 1.29 is 28.8 Å². The molecule has 3 heterocycles. The molecule has 1 unspecified atom stereocenters. The summed E-state index contributed by atoms with van der Waals surface area (Å²) in [5.74, 6) is -2.68. The number of likely N-dealkylation sites (tertiary alicyclic amines) is 1. The molecule has 3 aromatic rings. The highest BCUT2D eigenvalue weighted by Gasteiger charge is 2.44. The van der Waals surface area contributed by atoms with Crippen molar-refractivity contribution >= 4 is 23.4 Å². The van der Waals surface area contributed by atoms with E-state index in [-0.39, 0.29) is 16.8 Å². The van der Waals surface area contributed by atoms with Crippen LogP contribution in [0.3, 0.4) is 0 Å². The van der Waals surface area contributed by atoms with Crippen LogP contribution in [0.25, 0.3) is 5.76 Å². The number of methoxy groups -OCH3 is 1. The Morgan fingerprint density at radius 2 is 1.94 bits per heavy atom. The lowest BCUT2D eigenvalue weighted by atomic mass is 9.94. The third-order valence-corrected chi connectivity index (χ3v) is 6.12. The molecule has 0 saturated carbocycles. The quantitative estimate of drug-likeness (QED) is 0.180. The molecule has 176 valence electrons. The van der Waals surface area contributed by atoms with Gasteiger partial charge in [-0.3, -0.25) is 14.6 Å². The zero-order valence-electron chi connectivity index (χ0n) is 19.3. The molecule has 9 nitrogen and oxygen atoms in total. The highest BCUT2D eigenvalue weighted by atomic mass is 16.5. The first-order chi connectivity index (χ1) is 16.3. The highest BCUT2D eigenvalue weighted by Crippen LogP contribution is 2.40. The average Bonchev–Trinajstić information content (AvgIpc) is 3.52. The molecule has 1 aliphatic heterocycles. The molecule has 2 N–H and O–H groups in total. The first kappa shape index (κ1) is 23.0. The largest absolute Gasteiger partial charge is 0.872 e. The molecular weight excluding hydrogens is 436 g/mol. The Morgan fingerprint density at radius 1 is 1.21 bits per heavy atom. The van der Waals surface area contributed by atoms with E-state index in [4.69, 9.17) is 4.74 Å². The normalized spacial score (nSPS) is 17.4. The lowest BCUT2D eigenvalue weighted by molar-refractivity contribution is -0.695. The van der Waals surface area contributed by atoms with Crippen molar-refractivity contribution in [1.29, 1.82) is 0 Å². The predicted octanol–water partition coefficient (Wildman–Crippen LogP) is 1.35. The van der Waals surface area contributed by atoms with Crippen molar-refractivity contribution in [1.82, 2.24) is 14.9 Å². The van der Waals surface area contributed by atoms with Gasteiger partial charge in [-0.05, 0) is 30.5 Å². The Morgan fingerprint density at radius 3 is 2.59 bits per heavy atom. The summed E-state index contributed by atoms with van der Waals surface area (Å²) in [6.07, 6.45) is 6.08. The van der Waals surface area contributed by atoms with E-state index in [0.717, 1.165) is 0 Å². The summed E-state index contributed by atoms with van der Waals surface area (Å²) in [6, 6.07) is 8.24. The summed E-state index contributed by atoms with van der Waals surface area (Å²) in [5.41, 5.74) is 1.76. The van der Waals surface area contributed by atoms with E-state index in [2.05, 4.69) is 9.97 Å². The Balaban J connectivity index is 1.78. The number of Topliss-reactive ketones (excluding diaryl/α,β-unsaturated/α-hetero) is 1. The molecule has 0 bridgehead atoms. The van der Waals surface area contributed by atoms with E-state index < -0.39 is 29.5 Å². The SMILES string of the molecule is COC(=O)c1[nH]c(C)c(/C([O-])=C2\C(=O)C(=O)N(CCC[n+]3cc[nH]c3)C2c2ccccc2)c1C. The zero-order chi connectivity index (χ0) is 24.4. The van der Waals surface area contributed by atoms with Crippen LogP contribution in [0, 0.1) is 13.8 Å². The summed E-state index contributed by atoms with van der Waals surface area (Å²) in [7, 11) is 1.25. The summed E-state index contributed by atoms with van der Waals surface area (Å²) in [5, 5.41) is 13.7. The van der Waals surface area contributed by atoms with Gasteiger partial charge in [0, 0.05) is 24.2 Å². The standard InChI is InChI=1S/C25H26N4O5/c1-15-18(16(2)27-20(15)25(33)34-3)22(30)19-21(17-8-5-4-6-9-17)29(24(32)23(19)31)12-7-11-28-13-10-26-14-28/h4-6,8-10,13-14,21H,7,11-12H2,1-3H3,(H2,27,30,31,33). The summed E-state index contributed by atoms with van der Waals surface area (Å²) in [4.78, 5) is 45.7. The van der Waals surface area contributed by atoms with Crippen molar-refractivity contribution in [3.05, 3.63) is 82.7 Å². The molecule has 1 aliphatic rings. The second kappa shape index (κ2) is 9.38. The van der Waals surface area contributed by atoms with Gasteiger partial charge in [0.25, 0.3) is 5.91 Å². The number of esters is 1. The van der Waals surface area contributed by atoms with Gasteiger partial charge in [0.05, 0.1) is 19.7 Å². The monoisotopic (exact) mass is 462 g/mol. The third kappa shape index (κ3) is 4.00. The van der Waals surface area contributed by atoms with Crippen LogP contribution in [0.15, 0.2) is 54.6 Å². The lowest BCUT2D eigenvalue weighted by Crippen LogP contribution is -2.36. The smallest absolute Gasteiger partial charge is 0.354 e. The molecule has 1 fully saturated rings. The Labute approximate surface area is 196 Å². The number of carbonyl (C=O) groups excluding carboxylic acids is 3. The molecule has 1 atom stereocenters. The van der Waals surface area contributed by atoms with E-state index in [1.165, 1.54) is 12.0 Å². The van der Waals surface area contributed by atoms with E-state index in [1.807, 2.05) is 23.2 Å². The van der Waals surface area contributed by atoms with E-state index >= 15 is 0 Å². The lowest BCUT2D eigenvalue weighted by Gasteiger charge is -2.27. The van der Waals surface area contributed by atoms with Crippen LogP contribution in [0.2, 0.25) is 0 Å². The molecule has 2 aromatic heterocycles. The summed E-state index contributed by atoms with van der Waals surface area (Å²) < 4.78 is 6.73. The number of aryl methyl sites for hydroxylation is 2. The Hall–Kier alpha value is -4.14. The number of nitrogens with one attached hydrogen (secondary N) is 2. The van der Waals surface area contributed by atoms with Crippen molar-refractivity contribution in [3.8, 4) is 0 Å². The van der Waals surface area contributed by atoms with Crippen LogP contribution in [0.4, 0.5) is 0 Å². The van der Waals surface area contributed by atoms with Crippen LogP contribution in [-0.4, -0.2) is 46.2 Å². The van der Waals surface area contributed by atoms with Gasteiger partial charge in [0.2, 0.25) is 12.1 Å². The van der Waals surface area contributed by atoms with Crippen molar-refractivity contribution in [2.24, 2.45) is 0 Å². The highest BCUT2D eigenvalue weighted by molar-refractivity contribution is 6.46. The Kier molecular flexibility index (Phi) is 6.36. The van der Waals surface area contributed by atoms with Crippen LogP contribution in [0.5, 0.6) is 0 Å². The number of aromatic nitrogens is 3. The van der Waals surface area contributed by atoms with Crippen LogP contribution in [-0.2, 0) is 20.9 Å². The number of H-pyrrole nitrogens is 2. The fraction of sp³-hybridized carbons (Fsp3) is 0.280. The molecule has 1 amide bonds. The number of amides is 1. The zero-order valence-corrected chi connectivity index (χ0v) is 19.3. The van der Waals surface area contributed by atoms with Crippen molar-refractivity contribution in [3.63, 3.8) is 0 Å². The number of aromatic amines is 2. The minimum Gasteiger partial charge on any atom is -0.872 e. The number of carbonyl (C=O) groups is 3. The number of ether oxygens (including phenoxy) is 1. The molecule has 0 aliphatic carbocycles. The molecule has 0 radical (unpaired) electrons. The summed E-state index contributed by atoms with van der Waals surface area (Å²) >= 11 is 0. The maximum Gasteiger partial charge on any atom is 0.354 e. The van der Waals surface area contributed by atoms with Gasteiger partial charge in [-0.1, -0.05) is 36.1 Å². The van der Waals surface area contributed by atoms with Gasteiger partial charge < -0.3 is 19.7 Å². The molecule has 34 heavy (non-hydrogen) atoms. The first-order valence-electron chi connectivity index (χ1n) is 11.0. The molecule has 9 heteroatoms. The van der Waals surface area contributed by atoms with E-state index in [0.29, 0.717) is 36.3 Å². The number of benzene rings is 1. The van der Waals surface area contributed by atoms with Gasteiger partial charge in [0.15, 0.2) is 0 Å². The number of rotatable bonds is 7. The number of nitrogens with zero attached hydrogens (tertiary/aromatic N) is 2. The van der Waals surface area contributed by atoms with Crippen LogP contribution < -0.4 is 9.67 Å². The summed E-state index contributed by atoms with van der Waals surface area (Å²) in [6.45, 7) is 4.22. The van der Waals surface area contributed by atoms with Gasteiger partial charge in [-0.2, -0.15) is 0 Å². The van der Waals surface area contributed by atoms with Gasteiger partial charge in [0.1, 0.15) is 18.1 Å².